The summed E-state index contributed by atoms with van der Waals surface area (Å²) in [6.07, 6.45) is 7.88. The summed E-state index contributed by atoms with van der Waals surface area (Å²) < 4.78 is 0. The molecule has 4 bridgehead atoms. The molecule has 4 aliphatic rings. The number of hydrogen-bond acceptors (Lipinski definition) is 2. The van der Waals surface area contributed by atoms with Gasteiger partial charge in [0.15, 0.2) is 0 Å². The van der Waals surface area contributed by atoms with Gasteiger partial charge in [0.2, 0.25) is 5.91 Å². The van der Waals surface area contributed by atoms with Crippen molar-refractivity contribution in [1.29, 1.82) is 0 Å². The van der Waals surface area contributed by atoms with Crippen molar-refractivity contribution in [2.75, 3.05) is 0 Å². The van der Waals surface area contributed by atoms with Gasteiger partial charge in [-0.15, -0.1) is 0 Å². The Balaban J connectivity index is 1.70. The highest BCUT2D eigenvalue weighted by atomic mass is 16.1. The second-order valence-electron chi connectivity index (χ2n) is 6.34. The Morgan fingerprint density at radius 3 is 2.00 bits per heavy atom. The first kappa shape index (κ1) is 10.6. The van der Waals surface area contributed by atoms with Crippen molar-refractivity contribution >= 4 is 5.91 Å². The van der Waals surface area contributed by atoms with E-state index < -0.39 is 6.04 Å². The van der Waals surface area contributed by atoms with Gasteiger partial charge >= 0.3 is 0 Å². The highest BCUT2D eigenvalue weighted by molar-refractivity contribution is 5.79. The van der Waals surface area contributed by atoms with Crippen LogP contribution in [0.4, 0.5) is 0 Å². The maximum Gasteiger partial charge on any atom is 0.234 e. The van der Waals surface area contributed by atoms with E-state index in [4.69, 9.17) is 11.5 Å². The van der Waals surface area contributed by atoms with Crippen LogP contribution in [0.1, 0.15) is 38.5 Å². The molecule has 3 heteroatoms. The summed E-state index contributed by atoms with van der Waals surface area (Å²) in [7, 11) is 0. The minimum absolute atomic E-state index is 0.325. The lowest BCUT2D eigenvalue weighted by molar-refractivity contribution is -0.120. The van der Waals surface area contributed by atoms with Gasteiger partial charge in [0.05, 0.1) is 6.04 Å². The molecule has 3 nitrogen and oxygen atoms in total. The summed E-state index contributed by atoms with van der Waals surface area (Å²) in [4.78, 5) is 11.1. The van der Waals surface area contributed by atoms with Crippen LogP contribution >= 0.6 is 0 Å². The molecule has 0 radical (unpaired) electrons. The first-order chi connectivity index (χ1) is 7.63. The van der Waals surface area contributed by atoms with Crippen LogP contribution < -0.4 is 11.5 Å². The smallest absolute Gasteiger partial charge is 0.234 e. The molecule has 0 spiro atoms. The van der Waals surface area contributed by atoms with Gasteiger partial charge in [0, 0.05) is 0 Å². The zero-order chi connectivity index (χ0) is 11.3. The molecule has 1 unspecified atom stereocenters. The highest BCUT2D eigenvalue weighted by Crippen LogP contribution is 2.57. The first-order valence-electron chi connectivity index (χ1n) is 6.68. The number of carbonyl (C=O) groups is 1. The van der Waals surface area contributed by atoms with E-state index in [0.29, 0.717) is 5.92 Å². The Morgan fingerprint density at radius 1 is 1.06 bits per heavy atom. The summed E-state index contributed by atoms with van der Waals surface area (Å²) in [6.45, 7) is 0. The second-order valence-corrected chi connectivity index (χ2v) is 6.34. The molecular formula is C13H22N2O. The highest BCUT2D eigenvalue weighted by Gasteiger charge is 2.48. The van der Waals surface area contributed by atoms with Crippen LogP contribution in [0.2, 0.25) is 0 Å². The number of nitrogens with two attached hydrogens (primary N) is 2. The number of carbonyl (C=O) groups excluding carboxylic acids is 1. The lowest BCUT2D eigenvalue weighted by Crippen LogP contribution is -2.48. The third kappa shape index (κ3) is 1.65. The van der Waals surface area contributed by atoms with Gasteiger partial charge < -0.3 is 11.5 Å². The minimum atomic E-state index is -0.414. The normalized spacial score (nSPS) is 46.9. The monoisotopic (exact) mass is 222 g/mol. The van der Waals surface area contributed by atoms with Gasteiger partial charge in [-0.05, 0) is 68.1 Å². The Labute approximate surface area is 96.9 Å². The maximum absolute atomic E-state index is 11.1. The van der Waals surface area contributed by atoms with Crippen molar-refractivity contribution in [1.82, 2.24) is 0 Å². The topological polar surface area (TPSA) is 69.1 Å². The predicted molar refractivity (Wildman–Crippen MR) is 62.3 cm³/mol. The van der Waals surface area contributed by atoms with Gasteiger partial charge in [-0.25, -0.2) is 0 Å². The Hall–Kier alpha value is -0.570. The second kappa shape index (κ2) is 3.73. The van der Waals surface area contributed by atoms with Crippen molar-refractivity contribution in [3.8, 4) is 0 Å². The fourth-order valence-corrected chi connectivity index (χ4v) is 4.83. The number of primary amides is 1. The van der Waals surface area contributed by atoms with E-state index >= 15 is 0 Å². The molecule has 0 saturated heterocycles. The van der Waals surface area contributed by atoms with E-state index in [1.165, 1.54) is 32.1 Å². The number of amides is 1. The van der Waals surface area contributed by atoms with Gasteiger partial charge in [-0.3, -0.25) is 4.79 Å². The zero-order valence-electron chi connectivity index (χ0n) is 9.77. The summed E-state index contributed by atoms with van der Waals surface area (Å²) in [5, 5.41) is 0. The van der Waals surface area contributed by atoms with Crippen molar-refractivity contribution in [3.05, 3.63) is 0 Å². The summed E-state index contributed by atoms with van der Waals surface area (Å²) >= 11 is 0. The number of rotatable bonds is 3. The number of hydrogen-bond donors (Lipinski definition) is 2. The van der Waals surface area contributed by atoms with Crippen LogP contribution in [-0.4, -0.2) is 11.9 Å². The first-order valence-corrected chi connectivity index (χ1v) is 6.68. The molecule has 4 fully saturated rings. The van der Waals surface area contributed by atoms with E-state index in [9.17, 15) is 4.79 Å². The van der Waals surface area contributed by atoms with E-state index in [2.05, 4.69) is 0 Å². The molecule has 0 aromatic heterocycles. The molecule has 0 aliphatic heterocycles. The molecule has 4 rings (SSSR count). The molecule has 0 heterocycles. The molecule has 4 aliphatic carbocycles. The lowest BCUT2D eigenvalue weighted by atomic mass is 9.51. The van der Waals surface area contributed by atoms with Crippen LogP contribution in [0.5, 0.6) is 0 Å². The quantitative estimate of drug-likeness (QED) is 0.754. The fourth-order valence-electron chi connectivity index (χ4n) is 4.83. The van der Waals surface area contributed by atoms with E-state index in [1.54, 1.807) is 0 Å². The van der Waals surface area contributed by atoms with Crippen LogP contribution in [0.3, 0.4) is 0 Å². The molecule has 16 heavy (non-hydrogen) atoms. The van der Waals surface area contributed by atoms with Crippen LogP contribution in [-0.2, 0) is 4.79 Å². The standard InChI is InChI=1S/C13H22N2O/c14-12(13(15)16)6-11-9-2-7-1-8(4-9)5-10(11)3-7/h7-12H,1-6,14H2,(H2,15,16). The molecule has 0 aromatic carbocycles. The fraction of sp³-hybridized carbons (Fsp3) is 0.923. The summed E-state index contributed by atoms with van der Waals surface area (Å²) in [6, 6.07) is -0.414. The average Bonchev–Trinajstić information content (AvgIpc) is 2.21. The van der Waals surface area contributed by atoms with Crippen molar-refractivity contribution in [3.63, 3.8) is 0 Å². The van der Waals surface area contributed by atoms with Crippen molar-refractivity contribution in [2.45, 2.75) is 44.6 Å². The third-order valence-electron chi connectivity index (χ3n) is 5.31. The van der Waals surface area contributed by atoms with Crippen LogP contribution in [0, 0.1) is 29.6 Å². The van der Waals surface area contributed by atoms with Gasteiger partial charge in [0.25, 0.3) is 0 Å². The molecule has 0 aromatic rings. The summed E-state index contributed by atoms with van der Waals surface area (Å²) in [5.41, 5.74) is 11.1. The van der Waals surface area contributed by atoms with E-state index in [0.717, 1.165) is 30.1 Å². The van der Waals surface area contributed by atoms with Crippen molar-refractivity contribution < 1.29 is 4.79 Å². The molecule has 4 saturated carbocycles. The Morgan fingerprint density at radius 2 is 1.56 bits per heavy atom. The molecular weight excluding hydrogens is 200 g/mol. The van der Waals surface area contributed by atoms with E-state index in [1.807, 2.05) is 0 Å². The zero-order valence-corrected chi connectivity index (χ0v) is 9.77. The maximum atomic E-state index is 11.1. The van der Waals surface area contributed by atoms with Gasteiger partial charge in [0.1, 0.15) is 0 Å². The van der Waals surface area contributed by atoms with E-state index in [-0.39, 0.29) is 5.91 Å². The molecule has 1 atom stereocenters. The molecule has 1 amide bonds. The van der Waals surface area contributed by atoms with Crippen molar-refractivity contribution in [2.24, 2.45) is 41.1 Å². The third-order valence-corrected chi connectivity index (χ3v) is 5.31. The van der Waals surface area contributed by atoms with Crippen LogP contribution in [0.25, 0.3) is 0 Å². The lowest BCUT2D eigenvalue weighted by Gasteiger charge is -2.55. The van der Waals surface area contributed by atoms with Crippen LogP contribution in [0.15, 0.2) is 0 Å². The minimum Gasteiger partial charge on any atom is -0.368 e. The largest absolute Gasteiger partial charge is 0.368 e. The Bertz CT molecular complexity index is 274. The molecule has 90 valence electrons. The SMILES string of the molecule is NC(=O)C(N)CC1C2CC3CC(C2)CC1C3. The Kier molecular flexibility index (Phi) is 2.46. The molecule has 4 N–H and O–H groups in total. The van der Waals surface area contributed by atoms with Gasteiger partial charge in [-0.2, -0.15) is 0 Å². The van der Waals surface area contributed by atoms with Gasteiger partial charge in [-0.1, -0.05) is 0 Å². The summed E-state index contributed by atoms with van der Waals surface area (Å²) in [5.74, 6) is 4.04. The average molecular weight is 222 g/mol. The predicted octanol–water partition coefficient (Wildman–Crippen LogP) is 1.26.